The van der Waals surface area contributed by atoms with Crippen molar-refractivity contribution in [1.29, 1.82) is 0 Å². The van der Waals surface area contributed by atoms with Crippen LogP contribution in [-0.2, 0) is 9.59 Å². The van der Waals surface area contributed by atoms with Crippen molar-refractivity contribution in [3.63, 3.8) is 0 Å². The molecule has 1 N–H and O–H groups in total. The molecule has 38 heavy (non-hydrogen) atoms. The van der Waals surface area contributed by atoms with Crippen LogP contribution in [0.1, 0.15) is 45.6 Å². The molecule has 0 bridgehead atoms. The molecule has 0 saturated carbocycles. The molecule has 5 rings (SSSR count). The molecule has 0 aromatic heterocycles. The van der Waals surface area contributed by atoms with Gasteiger partial charge in [0.15, 0.2) is 5.78 Å². The first-order valence-electron chi connectivity index (χ1n) is 14.0. The van der Waals surface area contributed by atoms with Gasteiger partial charge in [0, 0.05) is 50.4 Å². The number of nitrogens with one attached hydrogen (secondary N) is 1. The molecule has 6 heteroatoms. The molecule has 2 aromatic carbocycles. The maximum absolute atomic E-state index is 13.6. The predicted octanol–water partition coefficient (Wildman–Crippen LogP) is 5.20. The summed E-state index contributed by atoms with van der Waals surface area (Å²) >= 11 is 0. The Morgan fingerprint density at radius 1 is 1.00 bits per heavy atom. The lowest BCUT2D eigenvalue weighted by atomic mass is 9.74. The summed E-state index contributed by atoms with van der Waals surface area (Å²) in [4.78, 5) is 33.6. The molecule has 2 heterocycles. The maximum Gasteiger partial charge on any atom is 0.242 e. The number of benzene rings is 2. The predicted molar refractivity (Wildman–Crippen MR) is 155 cm³/mol. The molecule has 0 radical (unpaired) electrons. The highest BCUT2D eigenvalue weighted by Gasteiger charge is 2.40. The molecule has 1 aliphatic carbocycles. The first-order chi connectivity index (χ1) is 18.3. The third-order valence-electron chi connectivity index (χ3n) is 8.02. The smallest absolute Gasteiger partial charge is 0.242 e. The Labute approximate surface area is 227 Å². The topological polar surface area (TPSA) is 55.9 Å². The zero-order chi connectivity index (χ0) is 26.7. The Morgan fingerprint density at radius 2 is 1.71 bits per heavy atom. The van der Waals surface area contributed by atoms with Gasteiger partial charge in [0.1, 0.15) is 0 Å². The van der Waals surface area contributed by atoms with E-state index in [9.17, 15) is 9.59 Å². The van der Waals surface area contributed by atoms with Crippen LogP contribution in [0, 0.1) is 5.41 Å². The van der Waals surface area contributed by atoms with Crippen molar-refractivity contribution in [3.05, 3.63) is 77.5 Å². The van der Waals surface area contributed by atoms with Crippen LogP contribution in [0.2, 0.25) is 0 Å². The number of piperazine rings is 1. The second-order valence-corrected chi connectivity index (χ2v) is 11.5. The van der Waals surface area contributed by atoms with E-state index in [0.717, 1.165) is 68.2 Å². The molecule has 0 spiro atoms. The lowest BCUT2D eigenvalue weighted by molar-refractivity contribution is -0.131. The largest absolute Gasteiger partial charge is 0.357 e. The Hall–Kier alpha value is -3.38. The van der Waals surface area contributed by atoms with Gasteiger partial charge in [0.05, 0.1) is 24.0 Å². The molecule has 2 aromatic rings. The number of para-hydroxylation sites is 2. The molecule has 200 valence electrons. The van der Waals surface area contributed by atoms with Crippen molar-refractivity contribution in [3.8, 4) is 0 Å². The number of nitrogens with zero attached hydrogens (tertiary/aromatic N) is 3. The fourth-order valence-corrected chi connectivity index (χ4v) is 6.10. The van der Waals surface area contributed by atoms with E-state index in [-0.39, 0.29) is 29.7 Å². The van der Waals surface area contributed by atoms with E-state index < -0.39 is 0 Å². The van der Waals surface area contributed by atoms with E-state index in [4.69, 9.17) is 0 Å². The fourth-order valence-electron chi connectivity index (χ4n) is 6.10. The number of ketones is 1. The third kappa shape index (κ3) is 5.70. The number of hydrogen-bond acceptors (Lipinski definition) is 5. The van der Waals surface area contributed by atoms with Crippen LogP contribution in [0.4, 0.5) is 11.4 Å². The summed E-state index contributed by atoms with van der Waals surface area (Å²) in [7, 11) is 0. The zero-order valence-corrected chi connectivity index (χ0v) is 23.0. The van der Waals surface area contributed by atoms with Gasteiger partial charge in [-0.25, -0.2) is 0 Å². The van der Waals surface area contributed by atoms with Gasteiger partial charge in [-0.1, -0.05) is 75.4 Å². The molecule has 2 aliphatic heterocycles. The molecular weight excluding hydrogens is 472 g/mol. The van der Waals surface area contributed by atoms with Crippen LogP contribution in [0.25, 0.3) is 6.08 Å². The molecule has 1 atom stereocenters. The van der Waals surface area contributed by atoms with E-state index in [0.29, 0.717) is 6.42 Å². The van der Waals surface area contributed by atoms with Crippen molar-refractivity contribution >= 4 is 29.1 Å². The first-order valence-corrected chi connectivity index (χ1v) is 14.0. The van der Waals surface area contributed by atoms with Crippen LogP contribution in [-0.4, -0.2) is 66.8 Å². The average Bonchev–Trinajstić information content (AvgIpc) is 3.03. The minimum absolute atomic E-state index is 0.0723. The summed E-state index contributed by atoms with van der Waals surface area (Å²) in [6, 6.07) is 18.4. The molecule has 1 saturated heterocycles. The SMILES string of the molecule is CCC1C2=C(CC(C)(C)CC2=O)Nc2ccccc2N1CC(=O)N1CCN(C/C=C/c2ccccc2)CC1. The number of anilines is 2. The van der Waals surface area contributed by atoms with E-state index in [1.165, 1.54) is 5.56 Å². The Bertz CT molecular complexity index is 1230. The Balaban J connectivity index is 1.28. The van der Waals surface area contributed by atoms with Crippen LogP contribution in [0.15, 0.2) is 71.9 Å². The van der Waals surface area contributed by atoms with Crippen LogP contribution >= 0.6 is 0 Å². The second-order valence-electron chi connectivity index (χ2n) is 11.5. The van der Waals surface area contributed by atoms with Crippen molar-refractivity contribution in [2.45, 2.75) is 46.1 Å². The van der Waals surface area contributed by atoms with Crippen LogP contribution < -0.4 is 10.2 Å². The van der Waals surface area contributed by atoms with Gasteiger partial charge < -0.3 is 15.1 Å². The third-order valence-corrected chi connectivity index (χ3v) is 8.02. The molecular formula is C32H40N4O2. The Morgan fingerprint density at radius 3 is 2.45 bits per heavy atom. The normalized spacial score (nSPS) is 21.7. The second kappa shape index (κ2) is 11.2. The first kappa shape index (κ1) is 26.2. The molecule has 1 amide bonds. The van der Waals surface area contributed by atoms with E-state index in [1.54, 1.807) is 0 Å². The monoisotopic (exact) mass is 512 g/mol. The highest BCUT2D eigenvalue weighted by molar-refractivity contribution is 6.01. The summed E-state index contributed by atoms with van der Waals surface area (Å²) in [6.45, 7) is 10.8. The van der Waals surface area contributed by atoms with Crippen molar-refractivity contribution in [1.82, 2.24) is 9.80 Å². The summed E-state index contributed by atoms with van der Waals surface area (Å²) < 4.78 is 0. The van der Waals surface area contributed by atoms with Gasteiger partial charge in [0.2, 0.25) is 5.91 Å². The van der Waals surface area contributed by atoms with Gasteiger partial charge >= 0.3 is 0 Å². The standard InChI is InChI=1S/C32H40N4O2/c1-4-27-31-26(21-32(2,3)22-29(31)37)33-25-14-8-9-15-28(25)36(27)23-30(38)35-19-17-34(18-20-35)16-10-13-24-11-6-5-7-12-24/h5-15,27,33H,4,16-23H2,1-3H3/b13-10+. The number of Topliss-reactive ketones (excluding diaryl/α,β-unsaturated/α-hetero) is 1. The summed E-state index contributed by atoms with van der Waals surface area (Å²) in [5.74, 6) is 0.336. The van der Waals surface area contributed by atoms with Crippen LogP contribution in [0.3, 0.4) is 0 Å². The lowest BCUT2D eigenvalue weighted by Crippen LogP contribution is -2.52. The van der Waals surface area contributed by atoms with Gasteiger partial charge in [-0.05, 0) is 36.0 Å². The lowest BCUT2D eigenvalue weighted by Gasteiger charge is -2.39. The highest BCUT2D eigenvalue weighted by atomic mass is 16.2. The number of hydrogen-bond donors (Lipinski definition) is 1. The molecule has 3 aliphatic rings. The van der Waals surface area contributed by atoms with Crippen LogP contribution in [0.5, 0.6) is 0 Å². The average molecular weight is 513 g/mol. The number of carbonyl (C=O) groups excluding carboxylic acids is 2. The number of rotatable bonds is 6. The summed E-state index contributed by atoms with van der Waals surface area (Å²) in [5.41, 5.74) is 5.00. The number of allylic oxidation sites excluding steroid dienone is 1. The molecule has 1 unspecified atom stereocenters. The summed E-state index contributed by atoms with van der Waals surface area (Å²) in [5, 5.41) is 3.61. The van der Waals surface area contributed by atoms with Gasteiger partial charge in [-0.15, -0.1) is 0 Å². The minimum Gasteiger partial charge on any atom is -0.357 e. The van der Waals surface area contributed by atoms with Gasteiger partial charge in [-0.2, -0.15) is 0 Å². The number of fused-ring (bicyclic) bond motifs is 1. The minimum atomic E-state index is -0.113. The van der Waals surface area contributed by atoms with E-state index in [2.05, 4.69) is 72.3 Å². The van der Waals surface area contributed by atoms with E-state index in [1.807, 2.05) is 35.2 Å². The molecule has 6 nitrogen and oxygen atoms in total. The van der Waals surface area contributed by atoms with Gasteiger partial charge in [-0.3, -0.25) is 14.5 Å². The van der Waals surface area contributed by atoms with Crippen molar-refractivity contribution < 1.29 is 9.59 Å². The number of amides is 1. The fraction of sp³-hybridized carbons (Fsp3) is 0.438. The quantitative estimate of drug-likeness (QED) is 0.577. The number of carbonyl (C=O) groups is 2. The maximum atomic E-state index is 13.6. The summed E-state index contributed by atoms with van der Waals surface area (Å²) in [6.07, 6.45) is 6.51. The van der Waals surface area contributed by atoms with Crippen molar-refractivity contribution in [2.24, 2.45) is 5.41 Å². The zero-order valence-electron chi connectivity index (χ0n) is 23.0. The van der Waals surface area contributed by atoms with E-state index >= 15 is 0 Å². The Kier molecular flexibility index (Phi) is 7.70. The van der Waals surface area contributed by atoms with Crippen molar-refractivity contribution in [2.75, 3.05) is 49.5 Å². The highest BCUT2D eigenvalue weighted by Crippen LogP contribution is 2.44. The van der Waals surface area contributed by atoms with Gasteiger partial charge in [0.25, 0.3) is 0 Å². The molecule has 1 fully saturated rings.